The van der Waals surface area contributed by atoms with Crippen LogP contribution >= 0.6 is 0 Å². The van der Waals surface area contributed by atoms with Gasteiger partial charge in [-0.25, -0.2) is 4.39 Å². The topological polar surface area (TPSA) is 26.3 Å². The molecule has 0 aliphatic heterocycles. The zero-order valence-corrected chi connectivity index (χ0v) is 8.97. The van der Waals surface area contributed by atoms with Crippen molar-refractivity contribution in [3.63, 3.8) is 0 Å². The molecule has 0 bridgehead atoms. The first kappa shape index (κ1) is 13.5. The molecule has 0 radical (unpaired) electrons. The highest BCUT2D eigenvalue weighted by Crippen LogP contribution is 2.33. The third-order valence-corrected chi connectivity index (χ3v) is 2.23. The van der Waals surface area contributed by atoms with E-state index in [1.165, 1.54) is 0 Å². The molecule has 1 rings (SSSR count). The van der Waals surface area contributed by atoms with Crippen molar-refractivity contribution < 1.29 is 27.1 Å². The molecule has 0 heterocycles. The largest absolute Gasteiger partial charge is 0.469 e. The number of alkyl halides is 3. The maximum atomic E-state index is 13.3. The predicted molar refractivity (Wildman–Crippen MR) is 51.7 cm³/mol. The molecule has 0 unspecified atom stereocenters. The van der Waals surface area contributed by atoms with Gasteiger partial charge in [-0.15, -0.1) is 0 Å². The molecular formula is C11H10F4O2. The van der Waals surface area contributed by atoms with E-state index in [9.17, 15) is 22.4 Å². The second-order valence-electron chi connectivity index (χ2n) is 3.34. The Balaban J connectivity index is 3.00. The molecule has 0 saturated carbocycles. The minimum absolute atomic E-state index is 0.291. The van der Waals surface area contributed by atoms with E-state index in [1.807, 2.05) is 0 Å². The molecule has 0 spiro atoms. The van der Waals surface area contributed by atoms with Crippen LogP contribution in [-0.2, 0) is 22.1 Å². The van der Waals surface area contributed by atoms with Gasteiger partial charge in [0.25, 0.3) is 0 Å². The van der Waals surface area contributed by atoms with E-state index in [2.05, 4.69) is 4.74 Å². The van der Waals surface area contributed by atoms with Gasteiger partial charge in [0, 0.05) is 12.0 Å². The summed E-state index contributed by atoms with van der Waals surface area (Å²) in [5.74, 6) is -1.65. The molecule has 6 heteroatoms. The van der Waals surface area contributed by atoms with Gasteiger partial charge in [0.1, 0.15) is 5.82 Å². The van der Waals surface area contributed by atoms with Crippen LogP contribution < -0.4 is 0 Å². The molecule has 0 N–H and O–H groups in total. The lowest BCUT2D eigenvalue weighted by molar-refractivity contribution is -0.142. The van der Waals surface area contributed by atoms with Gasteiger partial charge in [0.2, 0.25) is 0 Å². The number of ether oxygens (including phenoxy) is 1. The van der Waals surface area contributed by atoms with Crippen molar-refractivity contribution >= 4 is 5.97 Å². The zero-order valence-electron chi connectivity index (χ0n) is 8.97. The Hall–Kier alpha value is -1.59. The van der Waals surface area contributed by atoms with Crippen molar-refractivity contribution in [2.45, 2.75) is 19.0 Å². The van der Waals surface area contributed by atoms with Gasteiger partial charge < -0.3 is 4.74 Å². The molecule has 0 aliphatic carbocycles. The summed E-state index contributed by atoms with van der Waals surface area (Å²) in [6, 6.07) is 2.71. The molecular weight excluding hydrogens is 240 g/mol. The standard InChI is InChI=1S/C11H10F4O2/c1-17-10(16)6-5-7-8(11(13,14)15)3-2-4-9(7)12/h2-4H,5-6H2,1H3. The highest BCUT2D eigenvalue weighted by atomic mass is 19.4. The smallest absolute Gasteiger partial charge is 0.416 e. The summed E-state index contributed by atoms with van der Waals surface area (Å²) in [4.78, 5) is 10.8. The van der Waals surface area contributed by atoms with Crippen molar-refractivity contribution in [2.75, 3.05) is 7.11 Å². The Labute approximate surface area is 95.2 Å². The Morgan fingerprint density at radius 2 is 2.00 bits per heavy atom. The van der Waals surface area contributed by atoms with Gasteiger partial charge in [0.15, 0.2) is 0 Å². The molecule has 0 fully saturated rings. The SMILES string of the molecule is COC(=O)CCc1c(F)cccc1C(F)(F)F. The molecule has 1 aromatic rings. The van der Waals surface area contributed by atoms with Crippen molar-refractivity contribution in [3.8, 4) is 0 Å². The minimum atomic E-state index is -4.63. The Morgan fingerprint density at radius 3 is 2.53 bits per heavy atom. The van der Waals surface area contributed by atoms with E-state index in [1.54, 1.807) is 0 Å². The van der Waals surface area contributed by atoms with E-state index in [0.29, 0.717) is 0 Å². The van der Waals surface area contributed by atoms with E-state index in [-0.39, 0.29) is 12.8 Å². The Morgan fingerprint density at radius 1 is 1.35 bits per heavy atom. The van der Waals surface area contributed by atoms with Crippen LogP contribution in [0.3, 0.4) is 0 Å². The average Bonchev–Trinajstić information content (AvgIpc) is 2.25. The maximum absolute atomic E-state index is 13.3. The van der Waals surface area contributed by atoms with Crippen LogP contribution in [0.4, 0.5) is 17.6 Å². The molecule has 1 aromatic carbocycles. The summed E-state index contributed by atoms with van der Waals surface area (Å²) in [6.07, 6.45) is -5.26. The molecule has 0 saturated heterocycles. The monoisotopic (exact) mass is 250 g/mol. The number of esters is 1. The second kappa shape index (κ2) is 5.16. The molecule has 2 nitrogen and oxygen atoms in total. The third kappa shape index (κ3) is 3.44. The van der Waals surface area contributed by atoms with Gasteiger partial charge in [-0.3, -0.25) is 4.79 Å². The fourth-order valence-corrected chi connectivity index (χ4v) is 1.41. The van der Waals surface area contributed by atoms with Crippen molar-refractivity contribution in [1.29, 1.82) is 0 Å². The molecule has 0 aromatic heterocycles. The molecule has 0 amide bonds. The van der Waals surface area contributed by atoms with E-state index in [4.69, 9.17) is 0 Å². The summed E-state index contributed by atoms with van der Waals surface area (Å²) in [6.45, 7) is 0. The van der Waals surface area contributed by atoms with Gasteiger partial charge in [-0.2, -0.15) is 13.2 Å². The summed E-state index contributed by atoms with van der Waals surface area (Å²) < 4.78 is 55.2. The summed E-state index contributed by atoms with van der Waals surface area (Å²) in [5.41, 5.74) is -1.56. The Kier molecular flexibility index (Phi) is 4.09. The van der Waals surface area contributed by atoms with Gasteiger partial charge in [-0.05, 0) is 18.6 Å². The van der Waals surface area contributed by atoms with E-state index < -0.39 is 29.1 Å². The van der Waals surface area contributed by atoms with Crippen LogP contribution in [0.2, 0.25) is 0 Å². The normalized spacial score (nSPS) is 11.4. The number of halogens is 4. The number of carbonyl (C=O) groups is 1. The van der Waals surface area contributed by atoms with Crippen molar-refractivity contribution in [1.82, 2.24) is 0 Å². The highest BCUT2D eigenvalue weighted by molar-refractivity contribution is 5.69. The van der Waals surface area contributed by atoms with E-state index in [0.717, 1.165) is 25.3 Å². The lowest BCUT2D eigenvalue weighted by Crippen LogP contribution is -2.12. The zero-order chi connectivity index (χ0) is 13.1. The minimum Gasteiger partial charge on any atom is -0.469 e. The lowest BCUT2D eigenvalue weighted by atomic mass is 10.0. The number of hydrogen-bond donors (Lipinski definition) is 0. The predicted octanol–water partition coefficient (Wildman–Crippen LogP) is 2.95. The summed E-state index contributed by atoms with van der Waals surface area (Å²) in [7, 11) is 1.12. The first-order chi connectivity index (χ1) is 7.86. The van der Waals surface area contributed by atoms with Gasteiger partial charge in [0.05, 0.1) is 12.7 Å². The number of carbonyl (C=O) groups excluding carboxylic acids is 1. The number of rotatable bonds is 3. The van der Waals surface area contributed by atoms with Crippen LogP contribution in [0, 0.1) is 5.82 Å². The molecule has 17 heavy (non-hydrogen) atoms. The summed E-state index contributed by atoms with van der Waals surface area (Å²) in [5, 5.41) is 0. The fraction of sp³-hybridized carbons (Fsp3) is 0.364. The maximum Gasteiger partial charge on any atom is 0.416 e. The van der Waals surface area contributed by atoms with Gasteiger partial charge in [-0.1, -0.05) is 6.07 Å². The lowest BCUT2D eigenvalue weighted by Gasteiger charge is -2.12. The first-order valence-corrected chi connectivity index (χ1v) is 4.77. The second-order valence-corrected chi connectivity index (χ2v) is 3.34. The molecule has 0 aliphatic rings. The third-order valence-electron chi connectivity index (χ3n) is 2.23. The average molecular weight is 250 g/mol. The molecule has 94 valence electrons. The van der Waals surface area contributed by atoms with Gasteiger partial charge >= 0.3 is 12.1 Å². The van der Waals surface area contributed by atoms with Crippen molar-refractivity contribution in [2.24, 2.45) is 0 Å². The van der Waals surface area contributed by atoms with Crippen LogP contribution in [0.1, 0.15) is 17.5 Å². The first-order valence-electron chi connectivity index (χ1n) is 4.77. The van der Waals surface area contributed by atoms with Crippen LogP contribution in [0.25, 0.3) is 0 Å². The Bertz CT molecular complexity index is 412. The number of methoxy groups -OCH3 is 1. The number of benzene rings is 1. The molecule has 0 atom stereocenters. The van der Waals surface area contributed by atoms with E-state index >= 15 is 0 Å². The van der Waals surface area contributed by atoms with Crippen LogP contribution in [-0.4, -0.2) is 13.1 Å². The highest BCUT2D eigenvalue weighted by Gasteiger charge is 2.34. The summed E-state index contributed by atoms with van der Waals surface area (Å²) >= 11 is 0. The van der Waals surface area contributed by atoms with Crippen LogP contribution in [0.5, 0.6) is 0 Å². The van der Waals surface area contributed by atoms with Crippen LogP contribution in [0.15, 0.2) is 18.2 Å². The number of hydrogen-bond acceptors (Lipinski definition) is 2. The quantitative estimate of drug-likeness (QED) is 0.609. The fourth-order valence-electron chi connectivity index (χ4n) is 1.41. The van der Waals surface area contributed by atoms with Crippen molar-refractivity contribution in [3.05, 3.63) is 35.1 Å².